The van der Waals surface area contributed by atoms with E-state index in [-0.39, 0.29) is 11.6 Å². The molecule has 3 rings (SSSR count). The molecule has 3 aromatic rings. The van der Waals surface area contributed by atoms with Crippen molar-refractivity contribution in [1.82, 2.24) is 20.4 Å². The van der Waals surface area contributed by atoms with Crippen molar-refractivity contribution in [3.8, 4) is 0 Å². The SMILES string of the molecule is O=C(NNc1ncnc(Nc2ccccn2)c1[N+](=O)[O-])c1ccccc1Br. The van der Waals surface area contributed by atoms with Gasteiger partial charge in [0.25, 0.3) is 5.91 Å². The first kappa shape index (κ1) is 18.2. The molecule has 3 N–H and O–H groups in total. The number of carbonyl (C=O) groups is 1. The number of amides is 1. The fourth-order valence-corrected chi connectivity index (χ4v) is 2.59. The molecule has 0 aliphatic heterocycles. The maximum Gasteiger partial charge on any atom is 0.355 e. The molecule has 0 saturated heterocycles. The predicted molar refractivity (Wildman–Crippen MR) is 101 cm³/mol. The summed E-state index contributed by atoms with van der Waals surface area (Å²) in [5.41, 5.74) is 4.78. The highest BCUT2D eigenvalue weighted by Gasteiger charge is 2.24. The van der Waals surface area contributed by atoms with E-state index < -0.39 is 16.5 Å². The number of anilines is 3. The topological polar surface area (TPSA) is 135 Å². The van der Waals surface area contributed by atoms with Gasteiger partial charge in [-0.1, -0.05) is 18.2 Å². The maximum absolute atomic E-state index is 12.3. The number of benzene rings is 1. The summed E-state index contributed by atoms with van der Waals surface area (Å²) >= 11 is 3.27. The summed E-state index contributed by atoms with van der Waals surface area (Å²) in [4.78, 5) is 34.9. The fraction of sp³-hybridized carbons (Fsp3) is 0. The van der Waals surface area contributed by atoms with Crippen LogP contribution in [-0.2, 0) is 0 Å². The Morgan fingerprint density at radius 1 is 1.04 bits per heavy atom. The molecule has 0 saturated carbocycles. The molecule has 0 spiro atoms. The van der Waals surface area contributed by atoms with Crippen LogP contribution in [0, 0.1) is 10.1 Å². The molecule has 1 aromatic carbocycles. The Kier molecular flexibility index (Phi) is 5.52. The van der Waals surface area contributed by atoms with Crippen molar-refractivity contribution in [2.24, 2.45) is 0 Å². The van der Waals surface area contributed by atoms with Crippen LogP contribution >= 0.6 is 15.9 Å². The van der Waals surface area contributed by atoms with Crippen molar-refractivity contribution in [2.75, 3.05) is 10.7 Å². The quantitative estimate of drug-likeness (QED) is 0.401. The molecule has 0 unspecified atom stereocenters. The largest absolute Gasteiger partial charge is 0.355 e. The monoisotopic (exact) mass is 429 g/mol. The van der Waals surface area contributed by atoms with E-state index in [0.29, 0.717) is 15.9 Å². The first-order valence-corrected chi connectivity index (χ1v) is 8.34. The number of hydrogen-bond donors (Lipinski definition) is 3. The highest BCUT2D eigenvalue weighted by Crippen LogP contribution is 2.30. The second kappa shape index (κ2) is 8.19. The van der Waals surface area contributed by atoms with Gasteiger partial charge in [-0.05, 0) is 40.2 Å². The number of halogens is 1. The van der Waals surface area contributed by atoms with Gasteiger partial charge in [0, 0.05) is 10.7 Å². The molecule has 0 aliphatic rings. The van der Waals surface area contributed by atoms with Crippen molar-refractivity contribution < 1.29 is 9.72 Å². The molecule has 27 heavy (non-hydrogen) atoms. The van der Waals surface area contributed by atoms with E-state index in [1.165, 1.54) is 6.20 Å². The molecule has 11 heteroatoms. The van der Waals surface area contributed by atoms with Gasteiger partial charge in [0.2, 0.25) is 11.6 Å². The van der Waals surface area contributed by atoms with Gasteiger partial charge in [0.15, 0.2) is 0 Å². The van der Waals surface area contributed by atoms with E-state index in [4.69, 9.17) is 0 Å². The van der Waals surface area contributed by atoms with E-state index >= 15 is 0 Å². The van der Waals surface area contributed by atoms with Crippen LogP contribution in [0.1, 0.15) is 10.4 Å². The number of nitrogens with zero attached hydrogens (tertiary/aromatic N) is 4. The molecule has 1 amide bonds. The number of hydrazine groups is 1. The Morgan fingerprint density at radius 3 is 2.48 bits per heavy atom. The zero-order valence-corrected chi connectivity index (χ0v) is 15.2. The number of nitro groups is 1. The van der Waals surface area contributed by atoms with Crippen molar-refractivity contribution >= 4 is 45.0 Å². The molecule has 10 nitrogen and oxygen atoms in total. The smallest absolute Gasteiger partial charge is 0.319 e. The van der Waals surface area contributed by atoms with Gasteiger partial charge in [-0.2, -0.15) is 0 Å². The molecule has 0 aliphatic carbocycles. The maximum atomic E-state index is 12.3. The lowest BCUT2D eigenvalue weighted by Gasteiger charge is -2.11. The Balaban J connectivity index is 1.83. The van der Waals surface area contributed by atoms with E-state index in [2.05, 4.69) is 47.1 Å². The number of pyridine rings is 1. The van der Waals surface area contributed by atoms with Crippen LogP contribution in [-0.4, -0.2) is 25.8 Å². The van der Waals surface area contributed by atoms with Crippen molar-refractivity contribution in [1.29, 1.82) is 0 Å². The first-order valence-electron chi connectivity index (χ1n) is 7.54. The van der Waals surface area contributed by atoms with Crippen LogP contribution in [0.5, 0.6) is 0 Å². The second-order valence-corrected chi connectivity index (χ2v) is 5.93. The summed E-state index contributed by atoms with van der Waals surface area (Å²) in [6.07, 6.45) is 2.66. The Bertz CT molecular complexity index is 985. The minimum absolute atomic E-state index is 0.0636. The highest BCUT2D eigenvalue weighted by molar-refractivity contribution is 9.10. The summed E-state index contributed by atoms with van der Waals surface area (Å²) in [5.74, 6) is -0.350. The van der Waals surface area contributed by atoms with E-state index in [0.717, 1.165) is 6.33 Å². The Labute approximate surface area is 161 Å². The molecular formula is C16H12BrN7O3. The van der Waals surface area contributed by atoms with Crippen molar-refractivity contribution in [2.45, 2.75) is 0 Å². The summed E-state index contributed by atoms with van der Waals surface area (Å²) in [5, 5.41) is 14.3. The van der Waals surface area contributed by atoms with Gasteiger partial charge in [-0.15, -0.1) is 0 Å². The van der Waals surface area contributed by atoms with Gasteiger partial charge in [0.1, 0.15) is 12.1 Å². The second-order valence-electron chi connectivity index (χ2n) is 5.08. The normalized spacial score (nSPS) is 10.1. The molecule has 0 radical (unpaired) electrons. The summed E-state index contributed by atoms with van der Waals surface area (Å²) in [6.45, 7) is 0. The van der Waals surface area contributed by atoms with Crippen LogP contribution < -0.4 is 16.2 Å². The lowest BCUT2D eigenvalue weighted by atomic mass is 10.2. The predicted octanol–water partition coefficient (Wildman–Crippen LogP) is 3.04. The standard InChI is InChI=1S/C16H12BrN7O3/c17-11-6-2-1-5-10(11)16(25)23-22-15-13(24(26)27)14(19-9-20-15)21-12-7-3-4-8-18-12/h1-9H,(H,23,25)(H2,18,19,20,21,22). The number of nitrogens with one attached hydrogen (secondary N) is 3. The molecule has 0 atom stereocenters. The zero-order valence-electron chi connectivity index (χ0n) is 13.6. The zero-order chi connectivity index (χ0) is 19.2. The highest BCUT2D eigenvalue weighted by atomic mass is 79.9. The van der Waals surface area contributed by atoms with E-state index in [1.54, 1.807) is 42.5 Å². The number of aromatic nitrogens is 3. The van der Waals surface area contributed by atoms with Crippen molar-refractivity contribution in [3.05, 3.63) is 75.1 Å². The Morgan fingerprint density at radius 2 is 1.78 bits per heavy atom. The van der Waals surface area contributed by atoms with Crippen LogP contribution in [0.3, 0.4) is 0 Å². The van der Waals surface area contributed by atoms with E-state index in [1.807, 2.05) is 0 Å². The lowest BCUT2D eigenvalue weighted by Crippen LogP contribution is -2.30. The number of hydrogen-bond acceptors (Lipinski definition) is 8. The summed E-state index contributed by atoms with van der Waals surface area (Å²) in [6, 6.07) is 11.8. The number of carbonyl (C=O) groups excluding carboxylic acids is 1. The fourth-order valence-electron chi connectivity index (χ4n) is 2.12. The third-order valence-corrected chi connectivity index (χ3v) is 4.02. The van der Waals surface area contributed by atoms with Crippen LogP contribution in [0.2, 0.25) is 0 Å². The van der Waals surface area contributed by atoms with Gasteiger partial charge in [0.05, 0.1) is 10.5 Å². The molecule has 136 valence electrons. The molecule has 2 aromatic heterocycles. The molecule has 2 heterocycles. The molecule has 0 fully saturated rings. The van der Waals surface area contributed by atoms with E-state index in [9.17, 15) is 14.9 Å². The average molecular weight is 430 g/mol. The molecule has 0 bridgehead atoms. The molecular weight excluding hydrogens is 418 g/mol. The van der Waals surface area contributed by atoms with Gasteiger partial charge < -0.3 is 5.32 Å². The first-order chi connectivity index (χ1) is 13.1. The summed E-state index contributed by atoms with van der Waals surface area (Å²) < 4.78 is 0.582. The van der Waals surface area contributed by atoms with Crippen LogP contribution in [0.25, 0.3) is 0 Å². The number of rotatable bonds is 6. The van der Waals surface area contributed by atoms with Crippen LogP contribution in [0.15, 0.2) is 59.5 Å². The Hall–Kier alpha value is -3.60. The van der Waals surface area contributed by atoms with Gasteiger partial charge in [-0.25, -0.2) is 15.0 Å². The van der Waals surface area contributed by atoms with Gasteiger partial charge in [-0.3, -0.25) is 25.8 Å². The van der Waals surface area contributed by atoms with Crippen molar-refractivity contribution in [3.63, 3.8) is 0 Å². The average Bonchev–Trinajstić information content (AvgIpc) is 2.67. The van der Waals surface area contributed by atoms with Crippen LogP contribution in [0.4, 0.5) is 23.1 Å². The lowest BCUT2D eigenvalue weighted by molar-refractivity contribution is -0.383. The third kappa shape index (κ3) is 4.33. The minimum atomic E-state index is -0.655. The summed E-state index contributed by atoms with van der Waals surface area (Å²) in [7, 11) is 0. The third-order valence-electron chi connectivity index (χ3n) is 3.33. The minimum Gasteiger partial charge on any atom is -0.319 e. The van der Waals surface area contributed by atoms with Gasteiger partial charge >= 0.3 is 5.69 Å².